The summed E-state index contributed by atoms with van der Waals surface area (Å²) >= 11 is 1.57. The summed E-state index contributed by atoms with van der Waals surface area (Å²) in [5, 5.41) is 15.0. The molecule has 0 aliphatic heterocycles. The molecular weight excluding hydrogens is 252 g/mol. The minimum absolute atomic E-state index is 0.125. The molecule has 0 bridgehead atoms. The molecule has 0 saturated heterocycles. The molecular formula is C11H12N4O2S. The quantitative estimate of drug-likeness (QED) is 0.844. The van der Waals surface area contributed by atoms with Crippen LogP contribution in [0.2, 0.25) is 0 Å². The van der Waals surface area contributed by atoms with Crippen molar-refractivity contribution in [3.05, 3.63) is 39.9 Å². The minimum atomic E-state index is -1.02. The van der Waals surface area contributed by atoms with E-state index in [2.05, 4.69) is 20.3 Å². The van der Waals surface area contributed by atoms with Gasteiger partial charge in [-0.1, -0.05) is 0 Å². The summed E-state index contributed by atoms with van der Waals surface area (Å²) in [6.07, 6.45) is 2.65. The molecule has 0 unspecified atom stereocenters. The Kier molecular flexibility index (Phi) is 3.96. The van der Waals surface area contributed by atoms with Crippen molar-refractivity contribution in [1.82, 2.24) is 20.3 Å². The van der Waals surface area contributed by atoms with Crippen LogP contribution in [0.15, 0.2) is 17.9 Å². The van der Waals surface area contributed by atoms with Crippen molar-refractivity contribution in [2.45, 2.75) is 20.0 Å². The molecule has 0 aromatic carbocycles. The first kappa shape index (κ1) is 12.6. The molecule has 6 nitrogen and oxygen atoms in total. The summed E-state index contributed by atoms with van der Waals surface area (Å²) in [6.45, 7) is 2.91. The van der Waals surface area contributed by atoms with Crippen molar-refractivity contribution in [2.75, 3.05) is 0 Å². The first-order chi connectivity index (χ1) is 8.66. The predicted octanol–water partition coefficient (Wildman–Crippen LogP) is 1.23. The number of rotatable bonds is 5. The van der Waals surface area contributed by atoms with E-state index in [0.717, 1.165) is 10.7 Å². The van der Waals surface area contributed by atoms with Crippen LogP contribution in [-0.2, 0) is 13.1 Å². The van der Waals surface area contributed by atoms with Gasteiger partial charge in [0, 0.05) is 30.4 Å². The third-order valence-electron chi connectivity index (χ3n) is 2.26. The maximum atomic E-state index is 10.9. The van der Waals surface area contributed by atoms with Gasteiger partial charge in [0.1, 0.15) is 16.9 Å². The van der Waals surface area contributed by atoms with Crippen molar-refractivity contribution in [1.29, 1.82) is 0 Å². The third kappa shape index (κ3) is 3.08. The van der Waals surface area contributed by atoms with Crippen molar-refractivity contribution in [3.8, 4) is 0 Å². The van der Waals surface area contributed by atoms with E-state index in [1.165, 1.54) is 12.5 Å². The number of thiazole rings is 1. The normalized spacial score (nSPS) is 10.5. The number of carbonyl (C=O) groups is 1. The Morgan fingerprint density at radius 2 is 2.33 bits per heavy atom. The molecule has 2 aromatic heterocycles. The van der Waals surface area contributed by atoms with Gasteiger partial charge >= 0.3 is 5.97 Å². The number of aryl methyl sites for hydroxylation is 1. The Balaban J connectivity index is 1.96. The average Bonchev–Trinajstić information content (AvgIpc) is 2.75. The molecule has 94 valence electrons. The zero-order chi connectivity index (χ0) is 13.0. The van der Waals surface area contributed by atoms with E-state index >= 15 is 0 Å². The van der Waals surface area contributed by atoms with Gasteiger partial charge in [-0.2, -0.15) is 0 Å². The van der Waals surface area contributed by atoms with E-state index < -0.39 is 5.97 Å². The van der Waals surface area contributed by atoms with Gasteiger partial charge < -0.3 is 10.4 Å². The molecule has 0 aliphatic rings. The van der Waals surface area contributed by atoms with Gasteiger partial charge in [-0.3, -0.25) is 0 Å². The van der Waals surface area contributed by atoms with Crippen LogP contribution in [0, 0.1) is 6.92 Å². The third-order valence-corrected chi connectivity index (χ3v) is 3.23. The Hall–Kier alpha value is -1.86. The molecule has 2 rings (SSSR count). The van der Waals surface area contributed by atoms with E-state index in [4.69, 9.17) is 5.11 Å². The fourth-order valence-corrected chi connectivity index (χ4v) is 2.19. The largest absolute Gasteiger partial charge is 0.478 e. The van der Waals surface area contributed by atoms with Gasteiger partial charge in [-0.15, -0.1) is 11.3 Å². The highest BCUT2D eigenvalue weighted by molar-refractivity contribution is 7.09. The molecule has 0 amide bonds. The Morgan fingerprint density at radius 3 is 3.00 bits per heavy atom. The van der Waals surface area contributed by atoms with E-state index in [1.54, 1.807) is 11.3 Å². The number of carboxylic acids is 1. The van der Waals surface area contributed by atoms with Crippen molar-refractivity contribution in [2.24, 2.45) is 0 Å². The number of aromatic nitrogens is 3. The SMILES string of the molecule is Cc1csc(CNCc2ncncc2C(=O)O)n1. The highest BCUT2D eigenvalue weighted by Gasteiger charge is 2.10. The minimum Gasteiger partial charge on any atom is -0.478 e. The summed E-state index contributed by atoms with van der Waals surface area (Å²) in [5.41, 5.74) is 1.59. The highest BCUT2D eigenvalue weighted by Crippen LogP contribution is 2.09. The molecule has 0 radical (unpaired) electrons. The van der Waals surface area contributed by atoms with Crippen molar-refractivity contribution >= 4 is 17.3 Å². The molecule has 7 heteroatoms. The van der Waals surface area contributed by atoms with Gasteiger partial charge in [-0.25, -0.2) is 19.7 Å². The molecule has 0 atom stereocenters. The van der Waals surface area contributed by atoms with Crippen LogP contribution < -0.4 is 5.32 Å². The van der Waals surface area contributed by atoms with Crippen LogP contribution in [-0.4, -0.2) is 26.0 Å². The van der Waals surface area contributed by atoms with Crippen LogP contribution in [0.3, 0.4) is 0 Å². The van der Waals surface area contributed by atoms with E-state index in [1.807, 2.05) is 12.3 Å². The fourth-order valence-electron chi connectivity index (χ4n) is 1.45. The number of hydrogen-bond acceptors (Lipinski definition) is 6. The standard InChI is InChI=1S/C11H12N4O2S/c1-7-5-18-10(15-7)4-12-3-9-8(11(16)17)2-13-6-14-9/h2,5-6,12H,3-4H2,1H3,(H,16,17). The maximum absolute atomic E-state index is 10.9. The summed E-state index contributed by atoms with van der Waals surface area (Å²) in [7, 11) is 0. The summed E-state index contributed by atoms with van der Waals surface area (Å²) in [5.74, 6) is -1.02. The first-order valence-electron chi connectivity index (χ1n) is 5.30. The van der Waals surface area contributed by atoms with Crippen molar-refractivity contribution in [3.63, 3.8) is 0 Å². The second-order valence-electron chi connectivity index (χ2n) is 3.67. The topological polar surface area (TPSA) is 88.0 Å². The number of carboxylic acid groups (broad SMARTS) is 1. The molecule has 0 aliphatic carbocycles. The maximum Gasteiger partial charge on any atom is 0.339 e. The summed E-state index contributed by atoms with van der Waals surface area (Å²) in [6, 6.07) is 0. The van der Waals surface area contributed by atoms with Gasteiger partial charge in [0.25, 0.3) is 0 Å². The van der Waals surface area contributed by atoms with Gasteiger partial charge in [0.15, 0.2) is 0 Å². The van der Waals surface area contributed by atoms with E-state index in [9.17, 15) is 4.79 Å². The summed E-state index contributed by atoms with van der Waals surface area (Å²) in [4.78, 5) is 22.9. The first-order valence-corrected chi connectivity index (χ1v) is 6.18. The lowest BCUT2D eigenvalue weighted by molar-refractivity contribution is 0.0694. The van der Waals surface area contributed by atoms with E-state index in [-0.39, 0.29) is 5.56 Å². The lowest BCUT2D eigenvalue weighted by atomic mass is 10.2. The molecule has 0 saturated carbocycles. The molecule has 18 heavy (non-hydrogen) atoms. The number of nitrogens with one attached hydrogen (secondary N) is 1. The second kappa shape index (κ2) is 5.65. The Morgan fingerprint density at radius 1 is 1.50 bits per heavy atom. The zero-order valence-electron chi connectivity index (χ0n) is 9.75. The molecule has 0 spiro atoms. The monoisotopic (exact) mass is 264 g/mol. The second-order valence-corrected chi connectivity index (χ2v) is 4.62. The van der Waals surface area contributed by atoms with Crippen LogP contribution in [0.5, 0.6) is 0 Å². The zero-order valence-corrected chi connectivity index (χ0v) is 10.6. The highest BCUT2D eigenvalue weighted by atomic mass is 32.1. The lowest BCUT2D eigenvalue weighted by Crippen LogP contribution is -2.17. The van der Waals surface area contributed by atoms with Crippen LogP contribution in [0.4, 0.5) is 0 Å². The Labute approximate surface area is 108 Å². The van der Waals surface area contributed by atoms with E-state index in [0.29, 0.717) is 18.8 Å². The number of nitrogens with zero attached hydrogens (tertiary/aromatic N) is 3. The predicted molar refractivity (Wildman–Crippen MR) is 66.4 cm³/mol. The Bertz CT molecular complexity index is 555. The van der Waals surface area contributed by atoms with Crippen molar-refractivity contribution < 1.29 is 9.90 Å². The molecule has 2 heterocycles. The lowest BCUT2D eigenvalue weighted by Gasteiger charge is -2.04. The van der Waals surface area contributed by atoms with Gasteiger partial charge in [0.2, 0.25) is 0 Å². The van der Waals surface area contributed by atoms with Crippen LogP contribution in [0.25, 0.3) is 0 Å². The average molecular weight is 264 g/mol. The smallest absolute Gasteiger partial charge is 0.339 e. The van der Waals surface area contributed by atoms with Gasteiger partial charge in [-0.05, 0) is 6.92 Å². The van der Waals surface area contributed by atoms with Crippen LogP contribution in [0.1, 0.15) is 26.8 Å². The molecule has 2 N–H and O–H groups in total. The van der Waals surface area contributed by atoms with Crippen LogP contribution >= 0.6 is 11.3 Å². The number of hydrogen-bond donors (Lipinski definition) is 2. The molecule has 0 fully saturated rings. The fraction of sp³-hybridized carbons (Fsp3) is 0.273. The number of aromatic carboxylic acids is 1. The summed E-state index contributed by atoms with van der Waals surface area (Å²) < 4.78 is 0. The molecule has 2 aromatic rings. The van der Waals surface area contributed by atoms with Gasteiger partial charge in [0.05, 0.1) is 5.69 Å².